The van der Waals surface area contributed by atoms with E-state index >= 15 is 0 Å². The standard InChI is InChI=1S/C13H15N5O3/c1-2-3-11(13(20)21)15-12(19)9-4-6-10(7-5-9)18-8-14-16-17-18/h4-8,11H,2-3H2,1H3,(H,15,19)(H,20,21)/t11-/m0/s1. The molecule has 2 N–H and O–H groups in total. The first-order valence-corrected chi connectivity index (χ1v) is 6.49. The van der Waals surface area contributed by atoms with Gasteiger partial charge in [0.05, 0.1) is 5.69 Å². The number of nitrogens with one attached hydrogen (secondary N) is 1. The molecule has 0 saturated carbocycles. The van der Waals surface area contributed by atoms with Crippen LogP contribution in [-0.4, -0.2) is 43.2 Å². The van der Waals surface area contributed by atoms with Crippen molar-refractivity contribution in [2.24, 2.45) is 0 Å². The van der Waals surface area contributed by atoms with Gasteiger partial charge in [-0.25, -0.2) is 9.48 Å². The van der Waals surface area contributed by atoms with Crippen molar-refractivity contribution in [3.63, 3.8) is 0 Å². The van der Waals surface area contributed by atoms with E-state index in [1.165, 1.54) is 11.0 Å². The van der Waals surface area contributed by atoms with Crippen LogP contribution in [0.5, 0.6) is 0 Å². The largest absolute Gasteiger partial charge is 0.480 e. The van der Waals surface area contributed by atoms with E-state index in [-0.39, 0.29) is 0 Å². The van der Waals surface area contributed by atoms with E-state index in [0.717, 1.165) is 0 Å². The summed E-state index contributed by atoms with van der Waals surface area (Å²) in [7, 11) is 0. The molecule has 0 saturated heterocycles. The average Bonchev–Trinajstić information content (AvgIpc) is 3.01. The number of rotatable bonds is 6. The van der Waals surface area contributed by atoms with Gasteiger partial charge in [-0.2, -0.15) is 0 Å². The summed E-state index contributed by atoms with van der Waals surface area (Å²) in [4.78, 5) is 23.0. The molecule has 0 radical (unpaired) electrons. The molecule has 110 valence electrons. The molecule has 1 aromatic carbocycles. The monoisotopic (exact) mass is 289 g/mol. The minimum atomic E-state index is -1.03. The molecule has 1 heterocycles. The van der Waals surface area contributed by atoms with Gasteiger partial charge in [-0.3, -0.25) is 4.79 Å². The number of aliphatic carboxylic acids is 1. The van der Waals surface area contributed by atoms with Crippen LogP contribution in [-0.2, 0) is 4.79 Å². The van der Waals surface area contributed by atoms with Crippen LogP contribution < -0.4 is 5.32 Å². The van der Waals surface area contributed by atoms with E-state index in [2.05, 4.69) is 20.8 Å². The van der Waals surface area contributed by atoms with E-state index in [1.54, 1.807) is 24.3 Å². The van der Waals surface area contributed by atoms with Crippen LogP contribution in [0, 0.1) is 0 Å². The van der Waals surface area contributed by atoms with Crippen molar-refractivity contribution in [3.8, 4) is 5.69 Å². The summed E-state index contributed by atoms with van der Waals surface area (Å²) in [6.07, 6.45) is 2.51. The number of aromatic nitrogens is 4. The number of carboxylic acid groups (broad SMARTS) is 1. The predicted molar refractivity (Wildman–Crippen MR) is 73.0 cm³/mol. The molecule has 0 spiro atoms. The molecule has 8 nitrogen and oxygen atoms in total. The van der Waals surface area contributed by atoms with Crippen molar-refractivity contribution in [2.75, 3.05) is 0 Å². The zero-order chi connectivity index (χ0) is 15.2. The summed E-state index contributed by atoms with van der Waals surface area (Å²) >= 11 is 0. The first-order chi connectivity index (χ1) is 10.1. The zero-order valence-electron chi connectivity index (χ0n) is 11.4. The number of tetrazole rings is 1. The number of carbonyl (C=O) groups is 2. The molecular weight excluding hydrogens is 274 g/mol. The van der Waals surface area contributed by atoms with Gasteiger partial charge in [0, 0.05) is 5.56 Å². The molecule has 0 aliphatic carbocycles. The lowest BCUT2D eigenvalue weighted by atomic mass is 10.1. The first-order valence-electron chi connectivity index (χ1n) is 6.49. The third kappa shape index (κ3) is 3.62. The summed E-state index contributed by atoms with van der Waals surface area (Å²) in [5, 5.41) is 22.3. The normalized spacial score (nSPS) is 11.9. The van der Waals surface area contributed by atoms with Crippen LogP contribution in [0.25, 0.3) is 5.69 Å². The molecule has 1 amide bonds. The van der Waals surface area contributed by atoms with E-state index in [0.29, 0.717) is 24.1 Å². The maximum atomic E-state index is 12.0. The molecule has 0 bridgehead atoms. The molecular formula is C13H15N5O3. The fourth-order valence-corrected chi connectivity index (χ4v) is 1.83. The highest BCUT2D eigenvalue weighted by molar-refractivity contribution is 5.96. The topological polar surface area (TPSA) is 110 Å². The second-order valence-corrected chi connectivity index (χ2v) is 4.45. The van der Waals surface area contributed by atoms with E-state index in [4.69, 9.17) is 5.11 Å². The highest BCUT2D eigenvalue weighted by Crippen LogP contribution is 2.08. The van der Waals surface area contributed by atoms with Crippen LogP contribution >= 0.6 is 0 Å². The van der Waals surface area contributed by atoms with Gasteiger partial charge < -0.3 is 10.4 Å². The van der Waals surface area contributed by atoms with E-state index in [1.807, 2.05) is 6.92 Å². The Balaban J connectivity index is 2.07. The Morgan fingerprint density at radius 1 is 1.33 bits per heavy atom. The number of benzene rings is 1. The first kappa shape index (κ1) is 14.6. The van der Waals surface area contributed by atoms with Crippen molar-refractivity contribution in [3.05, 3.63) is 36.2 Å². The molecule has 0 fully saturated rings. The molecule has 0 aliphatic rings. The van der Waals surface area contributed by atoms with Crippen molar-refractivity contribution in [2.45, 2.75) is 25.8 Å². The van der Waals surface area contributed by atoms with Crippen LogP contribution in [0.2, 0.25) is 0 Å². The molecule has 8 heteroatoms. The van der Waals surface area contributed by atoms with Gasteiger partial charge in [0.15, 0.2) is 0 Å². The smallest absolute Gasteiger partial charge is 0.326 e. The summed E-state index contributed by atoms with van der Waals surface area (Å²) in [6, 6.07) is 5.68. The Morgan fingerprint density at radius 2 is 2.05 bits per heavy atom. The molecule has 0 unspecified atom stereocenters. The van der Waals surface area contributed by atoms with Crippen molar-refractivity contribution in [1.29, 1.82) is 0 Å². The Hall–Kier alpha value is -2.77. The number of amides is 1. The summed E-state index contributed by atoms with van der Waals surface area (Å²) in [6.45, 7) is 1.86. The van der Waals surface area contributed by atoms with Crippen LogP contribution in [0.1, 0.15) is 30.1 Å². The number of hydrogen-bond acceptors (Lipinski definition) is 5. The third-order valence-corrected chi connectivity index (χ3v) is 2.92. The Bertz CT molecular complexity index is 609. The Labute approximate surface area is 120 Å². The molecule has 0 aliphatic heterocycles. The highest BCUT2D eigenvalue weighted by Gasteiger charge is 2.19. The zero-order valence-corrected chi connectivity index (χ0v) is 11.4. The second kappa shape index (κ2) is 6.60. The minimum Gasteiger partial charge on any atom is -0.480 e. The lowest BCUT2D eigenvalue weighted by Gasteiger charge is -2.13. The maximum Gasteiger partial charge on any atom is 0.326 e. The summed E-state index contributed by atoms with van der Waals surface area (Å²) in [5.74, 6) is -1.45. The van der Waals surface area contributed by atoms with Gasteiger partial charge in [-0.05, 0) is 41.1 Å². The summed E-state index contributed by atoms with van der Waals surface area (Å²) < 4.78 is 1.46. The van der Waals surface area contributed by atoms with Crippen LogP contribution in [0.4, 0.5) is 0 Å². The quantitative estimate of drug-likeness (QED) is 0.807. The molecule has 1 atom stereocenters. The Morgan fingerprint density at radius 3 is 2.57 bits per heavy atom. The second-order valence-electron chi connectivity index (χ2n) is 4.45. The maximum absolute atomic E-state index is 12.0. The highest BCUT2D eigenvalue weighted by atomic mass is 16.4. The Kier molecular flexibility index (Phi) is 4.60. The van der Waals surface area contributed by atoms with Crippen molar-refractivity contribution < 1.29 is 14.7 Å². The fraction of sp³-hybridized carbons (Fsp3) is 0.308. The van der Waals surface area contributed by atoms with E-state index < -0.39 is 17.9 Å². The minimum absolute atomic E-state index is 0.383. The van der Waals surface area contributed by atoms with Gasteiger partial charge >= 0.3 is 5.97 Å². The third-order valence-electron chi connectivity index (χ3n) is 2.92. The van der Waals surface area contributed by atoms with Gasteiger partial charge in [0.1, 0.15) is 12.4 Å². The summed E-state index contributed by atoms with van der Waals surface area (Å²) in [5.41, 5.74) is 1.09. The van der Waals surface area contributed by atoms with E-state index in [9.17, 15) is 9.59 Å². The van der Waals surface area contributed by atoms with Gasteiger partial charge in [-0.15, -0.1) is 5.10 Å². The lowest BCUT2D eigenvalue weighted by molar-refractivity contribution is -0.139. The van der Waals surface area contributed by atoms with Crippen LogP contribution in [0.3, 0.4) is 0 Å². The number of hydrogen-bond donors (Lipinski definition) is 2. The average molecular weight is 289 g/mol. The molecule has 1 aromatic heterocycles. The van der Waals surface area contributed by atoms with Crippen molar-refractivity contribution >= 4 is 11.9 Å². The number of nitrogens with zero attached hydrogens (tertiary/aromatic N) is 4. The number of carbonyl (C=O) groups excluding carboxylic acids is 1. The fourth-order valence-electron chi connectivity index (χ4n) is 1.83. The van der Waals surface area contributed by atoms with Gasteiger partial charge in [-0.1, -0.05) is 13.3 Å². The molecule has 21 heavy (non-hydrogen) atoms. The van der Waals surface area contributed by atoms with Crippen LogP contribution in [0.15, 0.2) is 30.6 Å². The van der Waals surface area contributed by atoms with Gasteiger partial charge in [0.25, 0.3) is 5.91 Å². The molecule has 2 aromatic rings. The van der Waals surface area contributed by atoms with Crippen molar-refractivity contribution in [1.82, 2.24) is 25.5 Å². The predicted octanol–water partition coefficient (Wildman–Crippen LogP) is 0.645. The number of carboxylic acids is 1. The van der Waals surface area contributed by atoms with Gasteiger partial charge in [0.2, 0.25) is 0 Å². The SMILES string of the molecule is CCC[C@H](NC(=O)c1ccc(-n2cnnn2)cc1)C(=O)O. The molecule has 2 rings (SSSR count). The lowest BCUT2D eigenvalue weighted by Crippen LogP contribution is -2.40.